The standard InChI is InChI=1S/C14H16ClN5/c1-19(2)14-18-9-12(20(14)3)8-17-11-4-5-13(15)10(6-11)7-16/h4-6,9,17H,8H2,1-3H3. The van der Waals surface area contributed by atoms with Crippen LogP contribution in [-0.4, -0.2) is 23.6 Å². The Hall–Kier alpha value is -2.19. The van der Waals surface area contributed by atoms with Gasteiger partial charge in [0.25, 0.3) is 0 Å². The van der Waals surface area contributed by atoms with Gasteiger partial charge in [-0.1, -0.05) is 11.6 Å². The van der Waals surface area contributed by atoms with Crippen LogP contribution < -0.4 is 10.2 Å². The largest absolute Gasteiger partial charge is 0.379 e. The Bertz CT molecular complexity index is 654. The summed E-state index contributed by atoms with van der Waals surface area (Å²) < 4.78 is 2.02. The summed E-state index contributed by atoms with van der Waals surface area (Å²) in [5.41, 5.74) is 2.39. The molecule has 0 bridgehead atoms. The van der Waals surface area contributed by atoms with E-state index in [2.05, 4.69) is 16.4 Å². The molecular formula is C14H16ClN5. The molecule has 104 valence electrons. The molecule has 0 radical (unpaired) electrons. The first-order valence-corrected chi connectivity index (χ1v) is 6.52. The third-order valence-electron chi connectivity index (χ3n) is 3.02. The molecule has 0 unspecified atom stereocenters. The van der Waals surface area contributed by atoms with Crippen LogP contribution in [0.15, 0.2) is 24.4 Å². The van der Waals surface area contributed by atoms with Crippen LogP contribution in [0.1, 0.15) is 11.3 Å². The van der Waals surface area contributed by atoms with Crippen molar-refractivity contribution in [1.29, 1.82) is 5.26 Å². The Morgan fingerprint density at radius 1 is 1.45 bits per heavy atom. The van der Waals surface area contributed by atoms with E-state index in [-0.39, 0.29) is 0 Å². The van der Waals surface area contributed by atoms with E-state index in [0.29, 0.717) is 17.1 Å². The molecule has 0 spiro atoms. The van der Waals surface area contributed by atoms with Crippen molar-refractivity contribution in [2.75, 3.05) is 24.3 Å². The second-order valence-corrected chi connectivity index (χ2v) is 5.07. The first-order valence-electron chi connectivity index (χ1n) is 6.14. The molecule has 1 aromatic heterocycles. The molecule has 0 aliphatic rings. The Balaban J connectivity index is 2.11. The Labute approximate surface area is 123 Å². The molecule has 6 heteroatoms. The molecule has 0 aliphatic carbocycles. The number of hydrogen-bond acceptors (Lipinski definition) is 4. The van der Waals surface area contributed by atoms with Gasteiger partial charge in [0.05, 0.1) is 29.0 Å². The Morgan fingerprint density at radius 3 is 2.80 bits per heavy atom. The van der Waals surface area contributed by atoms with Crippen molar-refractivity contribution in [3.8, 4) is 6.07 Å². The number of anilines is 2. The van der Waals surface area contributed by atoms with E-state index < -0.39 is 0 Å². The van der Waals surface area contributed by atoms with Gasteiger partial charge < -0.3 is 14.8 Å². The predicted octanol–water partition coefficient (Wildman–Crippen LogP) is 2.62. The molecular weight excluding hydrogens is 274 g/mol. The van der Waals surface area contributed by atoms with E-state index in [9.17, 15) is 0 Å². The monoisotopic (exact) mass is 289 g/mol. The number of nitrogens with zero attached hydrogens (tertiary/aromatic N) is 4. The third-order valence-corrected chi connectivity index (χ3v) is 3.35. The minimum Gasteiger partial charge on any atom is -0.379 e. The van der Waals surface area contributed by atoms with Crippen LogP contribution in [0.5, 0.6) is 0 Å². The fourth-order valence-electron chi connectivity index (χ4n) is 1.93. The van der Waals surface area contributed by atoms with E-state index in [0.717, 1.165) is 17.3 Å². The van der Waals surface area contributed by atoms with Gasteiger partial charge >= 0.3 is 0 Å². The lowest BCUT2D eigenvalue weighted by Crippen LogP contribution is -2.15. The molecule has 2 aromatic rings. The van der Waals surface area contributed by atoms with Gasteiger partial charge in [0.1, 0.15) is 6.07 Å². The van der Waals surface area contributed by atoms with E-state index in [4.69, 9.17) is 16.9 Å². The average Bonchev–Trinajstić information content (AvgIpc) is 2.79. The van der Waals surface area contributed by atoms with Gasteiger partial charge in [-0.05, 0) is 18.2 Å². The van der Waals surface area contributed by atoms with Crippen molar-refractivity contribution in [2.45, 2.75) is 6.54 Å². The highest BCUT2D eigenvalue weighted by atomic mass is 35.5. The summed E-state index contributed by atoms with van der Waals surface area (Å²) in [6.45, 7) is 0.629. The normalized spacial score (nSPS) is 10.2. The van der Waals surface area contributed by atoms with Gasteiger partial charge in [-0.3, -0.25) is 0 Å². The van der Waals surface area contributed by atoms with Crippen molar-refractivity contribution in [3.63, 3.8) is 0 Å². The van der Waals surface area contributed by atoms with Crippen molar-refractivity contribution in [1.82, 2.24) is 9.55 Å². The SMILES string of the molecule is CN(C)c1ncc(CNc2ccc(Cl)c(C#N)c2)n1C. The zero-order valence-corrected chi connectivity index (χ0v) is 12.4. The highest BCUT2D eigenvalue weighted by molar-refractivity contribution is 6.31. The summed E-state index contributed by atoms with van der Waals surface area (Å²) in [5, 5.41) is 12.7. The zero-order valence-electron chi connectivity index (χ0n) is 11.7. The molecule has 0 saturated heterocycles. The molecule has 20 heavy (non-hydrogen) atoms. The van der Waals surface area contributed by atoms with Gasteiger partial charge in [0, 0.05) is 26.8 Å². The van der Waals surface area contributed by atoms with Gasteiger partial charge in [0.2, 0.25) is 5.95 Å². The lowest BCUT2D eigenvalue weighted by atomic mass is 10.2. The van der Waals surface area contributed by atoms with Crippen LogP contribution in [0.25, 0.3) is 0 Å². The van der Waals surface area contributed by atoms with E-state index in [1.165, 1.54) is 0 Å². The zero-order chi connectivity index (χ0) is 14.7. The Morgan fingerprint density at radius 2 is 2.20 bits per heavy atom. The van der Waals surface area contributed by atoms with Crippen LogP contribution in [-0.2, 0) is 13.6 Å². The first-order chi connectivity index (χ1) is 9.52. The lowest BCUT2D eigenvalue weighted by Gasteiger charge is -2.13. The molecule has 2 rings (SSSR count). The first kappa shape index (κ1) is 14.2. The molecule has 0 atom stereocenters. The fraction of sp³-hybridized carbons (Fsp3) is 0.286. The molecule has 0 amide bonds. The number of hydrogen-bond donors (Lipinski definition) is 1. The fourth-order valence-corrected chi connectivity index (χ4v) is 2.09. The topological polar surface area (TPSA) is 56.9 Å². The van der Waals surface area contributed by atoms with Crippen LogP contribution in [0.3, 0.4) is 0 Å². The van der Waals surface area contributed by atoms with Crippen molar-refractivity contribution < 1.29 is 0 Å². The summed E-state index contributed by atoms with van der Waals surface area (Å²) in [5.74, 6) is 0.899. The van der Waals surface area contributed by atoms with E-state index in [1.807, 2.05) is 42.9 Å². The van der Waals surface area contributed by atoms with E-state index >= 15 is 0 Å². The quantitative estimate of drug-likeness (QED) is 0.940. The van der Waals surface area contributed by atoms with Gasteiger partial charge in [0.15, 0.2) is 0 Å². The van der Waals surface area contributed by atoms with Gasteiger partial charge in [-0.2, -0.15) is 5.26 Å². The van der Waals surface area contributed by atoms with Gasteiger partial charge in [-0.25, -0.2) is 4.98 Å². The summed E-state index contributed by atoms with van der Waals surface area (Å²) in [4.78, 5) is 6.31. The predicted molar refractivity (Wildman–Crippen MR) is 81.0 cm³/mol. The molecule has 0 aliphatic heterocycles. The molecule has 5 nitrogen and oxygen atoms in total. The summed E-state index contributed by atoms with van der Waals surface area (Å²) in [6, 6.07) is 7.38. The highest BCUT2D eigenvalue weighted by Gasteiger charge is 2.08. The number of benzene rings is 1. The van der Waals surface area contributed by atoms with Gasteiger partial charge in [-0.15, -0.1) is 0 Å². The minimum atomic E-state index is 0.466. The number of aromatic nitrogens is 2. The second-order valence-electron chi connectivity index (χ2n) is 4.66. The molecule has 1 heterocycles. The summed E-state index contributed by atoms with van der Waals surface area (Å²) >= 11 is 5.91. The van der Waals surface area contributed by atoms with Crippen LogP contribution >= 0.6 is 11.6 Å². The molecule has 0 saturated carbocycles. The smallest absolute Gasteiger partial charge is 0.204 e. The van der Waals surface area contributed by atoms with Crippen LogP contribution in [0, 0.1) is 11.3 Å². The maximum absolute atomic E-state index is 8.95. The molecule has 1 aromatic carbocycles. The van der Waals surface area contributed by atoms with E-state index in [1.54, 1.807) is 12.1 Å². The van der Waals surface area contributed by atoms with Crippen molar-refractivity contribution in [3.05, 3.63) is 40.7 Å². The molecule has 0 fully saturated rings. The number of nitrogens with one attached hydrogen (secondary N) is 1. The van der Waals surface area contributed by atoms with Crippen molar-refractivity contribution >= 4 is 23.2 Å². The minimum absolute atomic E-state index is 0.466. The molecule has 1 N–H and O–H groups in total. The third kappa shape index (κ3) is 2.86. The highest BCUT2D eigenvalue weighted by Crippen LogP contribution is 2.20. The second kappa shape index (κ2) is 5.85. The maximum atomic E-state index is 8.95. The number of halogens is 1. The van der Waals surface area contributed by atoms with Crippen molar-refractivity contribution in [2.24, 2.45) is 7.05 Å². The van der Waals surface area contributed by atoms with Crippen LogP contribution in [0.4, 0.5) is 11.6 Å². The Kier molecular flexibility index (Phi) is 4.16. The summed E-state index contributed by atoms with van der Waals surface area (Å²) in [7, 11) is 5.89. The number of imidazole rings is 1. The lowest BCUT2D eigenvalue weighted by molar-refractivity contribution is 0.814. The summed E-state index contributed by atoms with van der Waals surface area (Å²) in [6.07, 6.45) is 1.84. The number of nitriles is 1. The van der Waals surface area contributed by atoms with Crippen LogP contribution in [0.2, 0.25) is 5.02 Å². The average molecular weight is 290 g/mol. The maximum Gasteiger partial charge on any atom is 0.204 e. The number of rotatable bonds is 4.